The molecule has 7 heteroatoms. The summed E-state index contributed by atoms with van der Waals surface area (Å²) in [7, 11) is 0. The zero-order chi connectivity index (χ0) is 18.4. The van der Waals surface area contributed by atoms with Gasteiger partial charge in [-0.05, 0) is 48.4 Å². The Morgan fingerprint density at radius 3 is 2.46 bits per heavy atom. The van der Waals surface area contributed by atoms with Crippen molar-refractivity contribution < 1.29 is 23.5 Å². The molecule has 1 heterocycles. The van der Waals surface area contributed by atoms with Gasteiger partial charge in [-0.2, -0.15) is 0 Å². The van der Waals surface area contributed by atoms with Crippen LogP contribution in [0.5, 0.6) is 11.5 Å². The minimum atomic E-state index is -0.424. The Morgan fingerprint density at radius 2 is 1.69 bits per heavy atom. The molecule has 136 valence electrons. The van der Waals surface area contributed by atoms with E-state index in [4.69, 9.17) is 9.47 Å². The minimum Gasteiger partial charge on any atom is -0.486 e. The fourth-order valence-electron chi connectivity index (χ4n) is 2.52. The van der Waals surface area contributed by atoms with Crippen LogP contribution in [0.3, 0.4) is 0 Å². The molecule has 0 spiro atoms. The Kier molecular flexibility index (Phi) is 5.68. The second-order valence-electron chi connectivity index (χ2n) is 5.77. The Balaban J connectivity index is 1.40. The number of nitrogens with one attached hydrogen (secondary N) is 2. The van der Waals surface area contributed by atoms with E-state index < -0.39 is 11.7 Å². The minimum absolute atomic E-state index is 0.142. The zero-order valence-corrected chi connectivity index (χ0v) is 14.1. The van der Waals surface area contributed by atoms with E-state index >= 15 is 0 Å². The molecule has 2 N–H and O–H groups in total. The molecule has 0 radical (unpaired) electrons. The molecule has 0 unspecified atom stereocenters. The molecule has 0 saturated heterocycles. The van der Waals surface area contributed by atoms with Crippen LogP contribution in [-0.4, -0.2) is 38.1 Å². The van der Waals surface area contributed by atoms with Gasteiger partial charge < -0.3 is 20.1 Å². The first-order valence-electron chi connectivity index (χ1n) is 8.31. The summed E-state index contributed by atoms with van der Waals surface area (Å²) in [5, 5.41) is 5.24. The molecule has 2 aromatic rings. The third-order valence-electron chi connectivity index (χ3n) is 3.86. The first kappa shape index (κ1) is 17.7. The molecule has 6 nitrogen and oxygen atoms in total. The standard InChI is InChI=1S/C19H19FN2O4/c20-15-4-2-14(3-5-15)19(24)22-12-18(23)21-8-7-13-1-6-16-17(11-13)26-10-9-25-16/h1-6,11H,7-10,12H2,(H,21,23)(H,22,24). The zero-order valence-electron chi connectivity index (χ0n) is 14.1. The van der Waals surface area contributed by atoms with Crippen LogP contribution >= 0.6 is 0 Å². The molecule has 0 atom stereocenters. The van der Waals surface area contributed by atoms with E-state index in [0.717, 1.165) is 11.3 Å². The maximum Gasteiger partial charge on any atom is 0.251 e. The van der Waals surface area contributed by atoms with E-state index in [0.29, 0.717) is 37.5 Å². The smallest absolute Gasteiger partial charge is 0.251 e. The van der Waals surface area contributed by atoms with Crippen molar-refractivity contribution in [2.24, 2.45) is 0 Å². The molecule has 0 bridgehead atoms. The summed E-state index contributed by atoms with van der Waals surface area (Å²) in [6.07, 6.45) is 0.633. The topological polar surface area (TPSA) is 76.7 Å². The lowest BCUT2D eigenvalue weighted by Gasteiger charge is -2.18. The molecular formula is C19H19FN2O4. The number of carbonyl (C=O) groups excluding carboxylic acids is 2. The third kappa shape index (κ3) is 4.72. The number of halogens is 1. The average Bonchev–Trinajstić information content (AvgIpc) is 2.66. The molecule has 2 aromatic carbocycles. The van der Waals surface area contributed by atoms with Gasteiger partial charge >= 0.3 is 0 Å². The van der Waals surface area contributed by atoms with Gasteiger partial charge in [-0.1, -0.05) is 6.07 Å². The summed E-state index contributed by atoms with van der Waals surface area (Å²) < 4.78 is 23.8. The van der Waals surface area contributed by atoms with Crippen LogP contribution in [0, 0.1) is 5.82 Å². The van der Waals surface area contributed by atoms with Crippen LogP contribution in [0.25, 0.3) is 0 Å². The lowest BCUT2D eigenvalue weighted by molar-refractivity contribution is -0.120. The SMILES string of the molecule is O=C(CNC(=O)c1ccc(F)cc1)NCCc1ccc2c(c1)OCCO2. The van der Waals surface area contributed by atoms with Crippen molar-refractivity contribution in [1.29, 1.82) is 0 Å². The number of benzene rings is 2. The Morgan fingerprint density at radius 1 is 0.962 bits per heavy atom. The van der Waals surface area contributed by atoms with E-state index in [1.807, 2.05) is 18.2 Å². The van der Waals surface area contributed by atoms with Gasteiger partial charge in [0.2, 0.25) is 5.91 Å². The van der Waals surface area contributed by atoms with Gasteiger partial charge in [-0.15, -0.1) is 0 Å². The van der Waals surface area contributed by atoms with Gasteiger partial charge in [0.15, 0.2) is 11.5 Å². The van der Waals surface area contributed by atoms with Gasteiger partial charge in [-0.25, -0.2) is 4.39 Å². The molecule has 1 aliphatic rings. The summed E-state index contributed by atoms with van der Waals surface area (Å²) in [6.45, 7) is 1.37. The summed E-state index contributed by atoms with van der Waals surface area (Å²) in [4.78, 5) is 23.7. The monoisotopic (exact) mass is 358 g/mol. The van der Waals surface area contributed by atoms with Crippen molar-refractivity contribution in [3.63, 3.8) is 0 Å². The van der Waals surface area contributed by atoms with Crippen molar-refractivity contribution in [1.82, 2.24) is 10.6 Å². The normalized spacial score (nSPS) is 12.3. The predicted octanol–water partition coefficient (Wildman–Crippen LogP) is 1.69. The summed E-state index contributed by atoms with van der Waals surface area (Å²) in [5.74, 6) is 0.308. The summed E-state index contributed by atoms with van der Waals surface area (Å²) in [6, 6.07) is 10.8. The van der Waals surface area contributed by atoms with Gasteiger partial charge in [-0.3, -0.25) is 9.59 Å². The van der Waals surface area contributed by atoms with Crippen molar-refractivity contribution in [2.75, 3.05) is 26.3 Å². The maximum atomic E-state index is 12.8. The quantitative estimate of drug-likeness (QED) is 0.824. The lowest BCUT2D eigenvalue weighted by atomic mass is 10.1. The Bertz CT molecular complexity index is 793. The number of hydrogen-bond acceptors (Lipinski definition) is 4. The summed E-state index contributed by atoms with van der Waals surface area (Å²) >= 11 is 0. The van der Waals surface area contributed by atoms with E-state index in [-0.39, 0.29) is 12.5 Å². The largest absolute Gasteiger partial charge is 0.486 e. The number of amides is 2. The maximum absolute atomic E-state index is 12.8. The van der Waals surface area contributed by atoms with Gasteiger partial charge in [0, 0.05) is 12.1 Å². The fourth-order valence-corrected chi connectivity index (χ4v) is 2.52. The third-order valence-corrected chi connectivity index (χ3v) is 3.86. The predicted molar refractivity (Wildman–Crippen MR) is 92.9 cm³/mol. The van der Waals surface area contributed by atoms with Crippen molar-refractivity contribution in [3.8, 4) is 11.5 Å². The number of ether oxygens (including phenoxy) is 2. The van der Waals surface area contributed by atoms with Crippen LogP contribution in [0.4, 0.5) is 4.39 Å². The van der Waals surface area contributed by atoms with E-state index in [2.05, 4.69) is 10.6 Å². The number of hydrogen-bond donors (Lipinski definition) is 2. The van der Waals surface area contributed by atoms with Crippen LogP contribution < -0.4 is 20.1 Å². The number of carbonyl (C=O) groups is 2. The molecule has 0 aliphatic carbocycles. The Hall–Kier alpha value is -3.09. The lowest BCUT2D eigenvalue weighted by Crippen LogP contribution is -2.37. The molecule has 1 aliphatic heterocycles. The fraction of sp³-hybridized carbons (Fsp3) is 0.263. The van der Waals surface area contributed by atoms with Gasteiger partial charge in [0.05, 0.1) is 6.54 Å². The van der Waals surface area contributed by atoms with Crippen LogP contribution in [0.2, 0.25) is 0 Å². The second-order valence-corrected chi connectivity index (χ2v) is 5.77. The van der Waals surface area contributed by atoms with E-state index in [1.165, 1.54) is 24.3 Å². The van der Waals surface area contributed by atoms with Crippen molar-refractivity contribution in [2.45, 2.75) is 6.42 Å². The molecule has 0 aromatic heterocycles. The van der Waals surface area contributed by atoms with Crippen LogP contribution in [0.1, 0.15) is 15.9 Å². The molecule has 2 amide bonds. The van der Waals surface area contributed by atoms with Gasteiger partial charge in [0.1, 0.15) is 19.0 Å². The highest BCUT2D eigenvalue weighted by Gasteiger charge is 2.12. The second kappa shape index (κ2) is 8.33. The molecule has 26 heavy (non-hydrogen) atoms. The number of fused-ring (bicyclic) bond motifs is 1. The van der Waals surface area contributed by atoms with Gasteiger partial charge in [0.25, 0.3) is 5.91 Å². The molecular weight excluding hydrogens is 339 g/mol. The molecule has 0 saturated carbocycles. The Labute approximate surface area is 150 Å². The molecule has 3 rings (SSSR count). The van der Waals surface area contributed by atoms with Crippen molar-refractivity contribution in [3.05, 3.63) is 59.4 Å². The summed E-state index contributed by atoms with van der Waals surface area (Å²) in [5.41, 5.74) is 1.32. The first-order valence-corrected chi connectivity index (χ1v) is 8.31. The van der Waals surface area contributed by atoms with Crippen LogP contribution in [-0.2, 0) is 11.2 Å². The van der Waals surface area contributed by atoms with E-state index in [9.17, 15) is 14.0 Å². The molecule has 0 fully saturated rings. The number of rotatable bonds is 6. The van der Waals surface area contributed by atoms with E-state index in [1.54, 1.807) is 0 Å². The highest BCUT2D eigenvalue weighted by atomic mass is 19.1. The first-order chi connectivity index (χ1) is 12.6. The van der Waals surface area contributed by atoms with Crippen molar-refractivity contribution >= 4 is 11.8 Å². The highest BCUT2D eigenvalue weighted by molar-refractivity contribution is 5.96. The highest BCUT2D eigenvalue weighted by Crippen LogP contribution is 2.30. The van der Waals surface area contributed by atoms with Crippen LogP contribution in [0.15, 0.2) is 42.5 Å². The average molecular weight is 358 g/mol.